The molecule has 0 radical (unpaired) electrons. The third-order valence-corrected chi connectivity index (χ3v) is 7.47. The first-order valence-electron chi connectivity index (χ1n) is 13.3. The summed E-state index contributed by atoms with van der Waals surface area (Å²) in [5.74, 6) is 1.73. The second kappa shape index (κ2) is 19.0. The Bertz CT molecular complexity index is 1220. The van der Waals surface area contributed by atoms with Crippen molar-refractivity contribution >= 4 is 45.8 Å². The Labute approximate surface area is 251 Å². The number of hydrogen-bond acceptors (Lipinski definition) is 9. The van der Waals surface area contributed by atoms with Gasteiger partial charge in [-0.05, 0) is 86.0 Å². The van der Waals surface area contributed by atoms with Crippen LogP contribution in [0.4, 0.5) is 0 Å². The maximum absolute atomic E-state index is 12.5. The van der Waals surface area contributed by atoms with Crippen LogP contribution >= 0.6 is 23.5 Å². The van der Waals surface area contributed by atoms with Gasteiger partial charge < -0.3 is 19.3 Å². The molecular formula is C32H38O7S2. The van der Waals surface area contributed by atoms with Crippen LogP contribution in [0.3, 0.4) is 0 Å². The van der Waals surface area contributed by atoms with Crippen LogP contribution in [0.15, 0.2) is 77.7 Å². The lowest BCUT2D eigenvalue weighted by Crippen LogP contribution is -2.12. The minimum atomic E-state index is -0.440. The van der Waals surface area contributed by atoms with E-state index in [9.17, 15) is 14.4 Å². The molecule has 0 bridgehead atoms. The summed E-state index contributed by atoms with van der Waals surface area (Å²) in [5, 5.41) is 8.68. The second-order valence-electron chi connectivity index (χ2n) is 9.18. The quantitative estimate of drug-likeness (QED) is 0.0884. The normalized spacial score (nSPS) is 10.8. The third kappa shape index (κ3) is 13.8. The predicted molar refractivity (Wildman–Crippen MR) is 166 cm³/mol. The second-order valence-corrected chi connectivity index (χ2v) is 11.3. The molecule has 0 fully saturated rings. The van der Waals surface area contributed by atoms with Gasteiger partial charge in [-0.2, -0.15) is 0 Å². The summed E-state index contributed by atoms with van der Waals surface area (Å²) in [6.07, 6.45) is 7.14. The monoisotopic (exact) mass is 598 g/mol. The van der Waals surface area contributed by atoms with Gasteiger partial charge in [-0.15, -0.1) is 0 Å². The number of carbonyl (C=O) groups excluding carboxylic acids is 3. The van der Waals surface area contributed by atoms with Gasteiger partial charge >= 0.3 is 5.97 Å². The van der Waals surface area contributed by atoms with Crippen LogP contribution in [-0.2, 0) is 19.1 Å². The maximum atomic E-state index is 12.5. The van der Waals surface area contributed by atoms with E-state index in [1.807, 2.05) is 37.3 Å². The smallest absolute Gasteiger partial charge is 0.333 e. The Morgan fingerprint density at radius 1 is 0.927 bits per heavy atom. The number of carbonyl (C=O) groups is 3. The largest absolute Gasteiger partial charge is 0.493 e. The molecule has 1 N–H and O–H groups in total. The van der Waals surface area contributed by atoms with Gasteiger partial charge in [0.05, 0.1) is 13.2 Å². The van der Waals surface area contributed by atoms with Crippen molar-refractivity contribution in [2.75, 3.05) is 32.2 Å². The highest BCUT2D eigenvalue weighted by Crippen LogP contribution is 2.27. The summed E-state index contributed by atoms with van der Waals surface area (Å²) in [6.45, 7) is 11.3. The molecule has 2 aromatic carbocycles. The highest BCUT2D eigenvalue weighted by atomic mass is 32.2. The summed E-state index contributed by atoms with van der Waals surface area (Å²) >= 11 is 2.36. The van der Waals surface area contributed by atoms with Crippen molar-refractivity contribution in [3.05, 3.63) is 84.0 Å². The van der Waals surface area contributed by atoms with Crippen LogP contribution in [0.1, 0.15) is 43.7 Å². The number of ether oxygens (including phenoxy) is 3. The predicted octanol–water partition coefficient (Wildman–Crippen LogP) is 6.57. The first-order valence-corrected chi connectivity index (χ1v) is 15.1. The molecule has 0 spiro atoms. The fourth-order valence-electron chi connectivity index (χ4n) is 3.33. The fourth-order valence-corrected chi connectivity index (χ4v) is 4.87. The summed E-state index contributed by atoms with van der Waals surface area (Å²) < 4.78 is 16.5. The van der Waals surface area contributed by atoms with Gasteiger partial charge in [0.1, 0.15) is 24.7 Å². The minimum absolute atomic E-state index is 0.0849. The summed E-state index contributed by atoms with van der Waals surface area (Å²) in [6, 6.07) is 13.0. The average Bonchev–Trinajstić information content (AvgIpc) is 2.96. The van der Waals surface area contributed by atoms with Crippen molar-refractivity contribution in [3.63, 3.8) is 0 Å². The Morgan fingerprint density at radius 2 is 1.66 bits per heavy atom. The highest BCUT2D eigenvalue weighted by Gasteiger charge is 2.08. The van der Waals surface area contributed by atoms with E-state index in [0.29, 0.717) is 17.9 Å². The zero-order valence-electron chi connectivity index (χ0n) is 23.7. The lowest BCUT2D eigenvalue weighted by Gasteiger charge is -2.10. The number of esters is 1. The Hall–Kier alpha value is -3.27. The van der Waals surface area contributed by atoms with E-state index < -0.39 is 5.97 Å². The standard InChI is InChI=1S/C32H38O7S2/c1-23(2)31(35)39-19-18-37-27-12-9-26(10-13-27)11-16-30(34)41-28-14-15-29(24(3)21-28)38-17-7-5-6-8-20-40-32(36)25(4)22-33/h9-16,21,33H,1,4-8,17-20,22H2,2-3H3/b16-11+. The molecule has 0 aliphatic rings. The van der Waals surface area contributed by atoms with Gasteiger partial charge in [0.15, 0.2) is 0 Å². The van der Waals surface area contributed by atoms with E-state index in [0.717, 1.165) is 65.0 Å². The molecule has 0 saturated carbocycles. The molecule has 2 rings (SSSR count). The molecule has 0 unspecified atom stereocenters. The van der Waals surface area contributed by atoms with E-state index in [2.05, 4.69) is 13.2 Å². The van der Waals surface area contributed by atoms with Crippen LogP contribution in [0.25, 0.3) is 6.08 Å². The molecule has 0 aliphatic carbocycles. The van der Waals surface area contributed by atoms with Crippen molar-refractivity contribution < 1.29 is 33.7 Å². The number of thioether (sulfide) groups is 2. The van der Waals surface area contributed by atoms with Crippen LogP contribution in [0, 0.1) is 6.92 Å². The van der Waals surface area contributed by atoms with E-state index >= 15 is 0 Å². The first kappa shape index (κ1) is 33.9. The molecule has 0 atom stereocenters. The van der Waals surface area contributed by atoms with Gasteiger partial charge in [-0.25, -0.2) is 4.79 Å². The van der Waals surface area contributed by atoms with E-state index in [1.54, 1.807) is 25.1 Å². The number of hydrogen-bond donors (Lipinski definition) is 1. The molecule has 2 aromatic rings. The molecule has 220 valence electrons. The van der Waals surface area contributed by atoms with Gasteiger partial charge in [0.25, 0.3) is 0 Å². The Balaban J connectivity index is 1.67. The van der Waals surface area contributed by atoms with Crippen molar-refractivity contribution in [1.29, 1.82) is 0 Å². The first-order chi connectivity index (χ1) is 19.7. The van der Waals surface area contributed by atoms with Crippen molar-refractivity contribution in [2.24, 2.45) is 0 Å². The third-order valence-electron chi connectivity index (χ3n) is 5.60. The topological polar surface area (TPSA) is 99.1 Å². The highest BCUT2D eigenvalue weighted by molar-refractivity contribution is 8.14. The lowest BCUT2D eigenvalue weighted by molar-refractivity contribution is -0.139. The molecule has 0 heterocycles. The van der Waals surface area contributed by atoms with Gasteiger partial charge in [-0.3, -0.25) is 9.59 Å². The Kier molecular flexibility index (Phi) is 15.7. The molecule has 7 nitrogen and oxygen atoms in total. The fraction of sp³-hybridized carbons (Fsp3) is 0.344. The van der Waals surface area contributed by atoms with Gasteiger partial charge in [0, 0.05) is 21.8 Å². The SMILES string of the molecule is C=C(C)C(=O)OCCOc1ccc(/C=C/C(=O)Sc2ccc(OCCCCCCSC(=O)C(=C)CO)c(C)c2)cc1. The van der Waals surface area contributed by atoms with E-state index in [4.69, 9.17) is 19.3 Å². The number of aliphatic hydroxyl groups excluding tert-OH is 1. The number of unbranched alkanes of at least 4 members (excludes halogenated alkanes) is 3. The average molecular weight is 599 g/mol. The van der Waals surface area contributed by atoms with E-state index in [-0.39, 0.29) is 35.6 Å². The molecule has 0 amide bonds. The maximum Gasteiger partial charge on any atom is 0.333 e. The summed E-state index contributed by atoms with van der Waals surface area (Å²) in [5.41, 5.74) is 2.42. The zero-order chi connectivity index (χ0) is 30.0. The number of rotatable bonds is 18. The van der Waals surface area contributed by atoms with Crippen molar-refractivity contribution in [1.82, 2.24) is 0 Å². The van der Waals surface area contributed by atoms with Crippen LogP contribution in [0.2, 0.25) is 0 Å². The lowest BCUT2D eigenvalue weighted by atomic mass is 10.2. The minimum Gasteiger partial charge on any atom is -0.493 e. The molecule has 0 aromatic heterocycles. The molecule has 0 saturated heterocycles. The van der Waals surface area contributed by atoms with Crippen LogP contribution in [-0.4, -0.2) is 53.5 Å². The molecule has 0 aliphatic heterocycles. The summed E-state index contributed by atoms with van der Waals surface area (Å²) in [4.78, 5) is 36.3. The van der Waals surface area contributed by atoms with Crippen molar-refractivity contribution in [3.8, 4) is 11.5 Å². The number of benzene rings is 2. The zero-order valence-corrected chi connectivity index (χ0v) is 25.3. The molecule has 9 heteroatoms. The summed E-state index contributed by atoms with van der Waals surface area (Å²) in [7, 11) is 0. The van der Waals surface area contributed by atoms with Crippen LogP contribution < -0.4 is 9.47 Å². The van der Waals surface area contributed by atoms with E-state index in [1.165, 1.54) is 17.8 Å². The van der Waals surface area contributed by atoms with Crippen LogP contribution in [0.5, 0.6) is 11.5 Å². The van der Waals surface area contributed by atoms with Crippen molar-refractivity contribution in [2.45, 2.75) is 44.4 Å². The van der Waals surface area contributed by atoms with Gasteiger partial charge in [0.2, 0.25) is 10.2 Å². The molecular weight excluding hydrogens is 560 g/mol. The number of aliphatic hydroxyl groups is 1. The number of aryl methyl sites for hydroxylation is 1. The van der Waals surface area contributed by atoms with Gasteiger partial charge in [-0.1, -0.05) is 56.0 Å². The molecule has 41 heavy (non-hydrogen) atoms. The Morgan fingerprint density at radius 3 is 2.34 bits per heavy atom.